The van der Waals surface area contributed by atoms with Crippen molar-refractivity contribution in [1.29, 1.82) is 0 Å². The van der Waals surface area contributed by atoms with E-state index in [4.69, 9.17) is 10.5 Å². The van der Waals surface area contributed by atoms with E-state index in [1.54, 1.807) is 0 Å². The number of ether oxygens (including phenoxy) is 1. The summed E-state index contributed by atoms with van der Waals surface area (Å²) in [7, 11) is 0. The van der Waals surface area contributed by atoms with E-state index in [9.17, 15) is 0 Å². The zero-order valence-electron chi connectivity index (χ0n) is 7.34. The number of nitrogens with one attached hydrogen (secondary N) is 1. The van der Waals surface area contributed by atoms with Gasteiger partial charge in [0.2, 0.25) is 0 Å². The Kier molecular flexibility index (Phi) is 1.72. The number of amidine groups is 1. The lowest BCUT2D eigenvalue weighted by Gasteiger charge is -2.35. The maximum atomic E-state index is 5.51. The van der Waals surface area contributed by atoms with Crippen LogP contribution in [-0.2, 0) is 4.74 Å². The molecule has 68 valence electrons. The Morgan fingerprint density at radius 2 is 2.58 bits per heavy atom. The number of aliphatic imine (C=N–C) groups is 1. The quantitative estimate of drug-likeness (QED) is 0.523. The summed E-state index contributed by atoms with van der Waals surface area (Å²) in [6.07, 6.45) is 1.04. The van der Waals surface area contributed by atoms with Crippen molar-refractivity contribution >= 4 is 6.02 Å². The Morgan fingerprint density at radius 3 is 3.17 bits per heavy atom. The monoisotopic (exact) mass is 169 g/mol. The number of piperidine rings is 1. The molecule has 2 aliphatic heterocycles. The van der Waals surface area contributed by atoms with Crippen LogP contribution in [0, 0.1) is 5.92 Å². The molecule has 4 heteroatoms. The van der Waals surface area contributed by atoms with E-state index in [0.717, 1.165) is 19.5 Å². The predicted octanol–water partition coefficient (Wildman–Crippen LogP) is -0.300. The molecule has 0 saturated carbocycles. The highest BCUT2D eigenvalue weighted by atomic mass is 16.5. The van der Waals surface area contributed by atoms with Gasteiger partial charge in [0.05, 0.1) is 0 Å². The van der Waals surface area contributed by atoms with Crippen LogP contribution < -0.4 is 11.1 Å². The molecule has 4 nitrogen and oxygen atoms in total. The zero-order chi connectivity index (χ0) is 8.60. The van der Waals surface area contributed by atoms with Crippen molar-refractivity contribution in [2.24, 2.45) is 16.6 Å². The van der Waals surface area contributed by atoms with Crippen LogP contribution in [-0.4, -0.2) is 31.3 Å². The molecular formula is C8H15N3O. The molecule has 3 N–H and O–H groups in total. The lowest BCUT2D eigenvalue weighted by atomic mass is 9.81. The van der Waals surface area contributed by atoms with Crippen LogP contribution in [0.2, 0.25) is 0 Å². The van der Waals surface area contributed by atoms with Gasteiger partial charge in [-0.15, -0.1) is 0 Å². The molecule has 2 aliphatic rings. The lowest BCUT2D eigenvalue weighted by Crippen LogP contribution is -2.48. The normalized spacial score (nSPS) is 41.1. The van der Waals surface area contributed by atoms with Gasteiger partial charge in [0, 0.05) is 6.54 Å². The molecular weight excluding hydrogens is 154 g/mol. The third-order valence-corrected chi connectivity index (χ3v) is 2.91. The molecule has 0 amide bonds. The Hall–Kier alpha value is -0.770. The van der Waals surface area contributed by atoms with E-state index in [0.29, 0.717) is 18.5 Å². The van der Waals surface area contributed by atoms with Crippen LogP contribution in [0.1, 0.15) is 13.3 Å². The number of hydrogen-bond donors (Lipinski definition) is 2. The zero-order valence-corrected chi connectivity index (χ0v) is 7.34. The van der Waals surface area contributed by atoms with E-state index in [-0.39, 0.29) is 5.54 Å². The van der Waals surface area contributed by atoms with E-state index in [1.165, 1.54) is 0 Å². The molecule has 0 radical (unpaired) electrons. The molecule has 0 bridgehead atoms. The molecule has 0 aromatic heterocycles. The van der Waals surface area contributed by atoms with Gasteiger partial charge < -0.3 is 15.8 Å². The maximum Gasteiger partial charge on any atom is 0.282 e. The smallest absolute Gasteiger partial charge is 0.282 e. The molecule has 2 heterocycles. The minimum atomic E-state index is -0.0185. The van der Waals surface area contributed by atoms with Gasteiger partial charge in [0.1, 0.15) is 12.1 Å². The molecule has 0 aromatic carbocycles. The highest BCUT2D eigenvalue weighted by Crippen LogP contribution is 2.31. The molecule has 1 fully saturated rings. The Bertz CT molecular complexity index is 216. The second kappa shape index (κ2) is 2.62. The third-order valence-electron chi connectivity index (χ3n) is 2.91. The Balaban J connectivity index is 2.18. The molecule has 0 aliphatic carbocycles. The van der Waals surface area contributed by atoms with Crippen LogP contribution in [0.4, 0.5) is 0 Å². The molecule has 2 rings (SSSR count). The highest BCUT2D eigenvalue weighted by molar-refractivity contribution is 5.73. The predicted molar refractivity (Wildman–Crippen MR) is 47.0 cm³/mol. The van der Waals surface area contributed by atoms with Gasteiger partial charge in [-0.3, -0.25) is 0 Å². The summed E-state index contributed by atoms with van der Waals surface area (Å²) in [5.74, 6) is 0.521. The van der Waals surface area contributed by atoms with Gasteiger partial charge >= 0.3 is 0 Å². The van der Waals surface area contributed by atoms with Crippen LogP contribution in [0.15, 0.2) is 4.99 Å². The first-order valence-corrected chi connectivity index (χ1v) is 4.42. The Labute approximate surface area is 72.2 Å². The summed E-state index contributed by atoms with van der Waals surface area (Å²) < 4.78 is 5.22. The topological polar surface area (TPSA) is 59.6 Å². The Morgan fingerprint density at radius 1 is 1.75 bits per heavy atom. The number of hydrogen-bond acceptors (Lipinski definition) is 4. The summed E-state index contributed by atoms with van der Waals surface area (Å²) in [6, 6.07) is 0.365. The van der Waals surface area contributed by atoms with Crippen LogP contribution in [0.5, 0.6) is 0 Å². The summed E-state index contributed by atoms with van der Waals surface area (Å²) >= 11 is 0. The molecule has 0 aromatic rings. The first-order chi connectivity index (χ1) is 5.73. The average molecular weight is 169 g/mol. The van der Waals surface area contributed by atoms with Crippen LogP contribution in [0.25, 0.3) is 0 Å². The highest BCUT2D eigenvalue weighted by Gasteiger charge is 2.42. The standard InChI is InChI=1S/C8H15N3O/c1-6-4-10-3-2-8(6)5-12-7(9)11-8/h6,10H,2-5H2,1H3,(H2,9,11). The van der Waals surface area contributed by atoms with Crippen molar-refractivity contribution in [3.63, 3.8) is 0 Å². The second-order valence-electron chi connectivity index (χ2n) is 3.70. The van der Waals surface area contributed by atoms with Crippen LogP contribution >= 0.6 is 0 Å². The van der Waals surface area contributed by atoms with Crippen molar-refractivity contribution < 1.29 is 4.74 Å². The summed E-state index contributed by atoms with van der Waals surface area (Å²) in [6.45, 7) is 4.89. The van der Waals surface area contributed by atoms with Gasteiger partial charge in [-0.25, -0.2) is 4.99 Å². The largest absolute Gasteiger partial charge is 0.463 e. The van der Waals surface area contributed by atoms with Crippen LogP contribution in [0.3, 0.4) is 0 Å². The minimum Gasteiger partial charge on any atom is -0.463 e. The van der Waals surface area contributed by atoms with Gasteiger partial charge in [0.25, 0.3) is 6.02 Å². The van der Waals surface area contributed by atoms with Crippen molar-refractivity contribution in [1.82, 2.24) is 5.32 Å². The number of rotatable bonds is 0. The summed E-state index contributed by atoms with van der Waals surface area (Å²) in [4.78, 5) is 4.39. The first-order valence-electron chi connectivity index (χ1n) is 4.42. The van der Waals surface area contributed by atoms with Crippen molar-refractivity contribution in [2.45, 2.75) is 18.9 Å². The molecule has 1 spiro atoms. The number of nitrogens with zero attached hydrogens (tertiary/aromatic N) is 1. The van der Waals surface area contributed by atoms with E-state index >= 15 is 0 Å². The van der Waals surface area contributed by atoms with Gasteiger partial charge in [-0.2, -0.15) is 0 Å². The molecule has 12 heavy (non-hydrogen) atoms. The SMILES string of the molecule is CC1CNCCC12COC(N)=N2. The fourth-order valence-electron chi connectivity index (χ4n) is 1.92. The fourth-order valence-corrected chi connectivity index (χ4v) is 1.92. The van der Waals surface area contributed by atoms with Gasteiger partial charge in [-0.05, 0) is 18.9 Å². The lowest BCUT2D eigenvalue weighted by molar-refractivity contribution is 0.162. The van der Waals surface area contributed by atoms with E-state index in [2.05, 4.69) is 17.2 Å². The second-order valence-corrected chi connectivity index (χ2v) is 3.70. The first kappa shape index (κ1) is 7.86. The fraction of sp³-hybridized carbons (Fsp3) is 0.875. The molecule has 1 saturated heterocycles. The number of nitrogens with two attached hydrogens (primary N) is 1. The van der Waals surface area contributed by atoms with E-state index < -0.39 is 0 Å². The van der Waals surface area contributed by atoms with Crippen molar-refractivity contribution in [3.05, 3.63) is 0 Å². The van der Waals surface area contributed by atoms with Crippen molar-refractivity contribution in [2.75, 3.05) is 19.7 Å². The maximum absolute atomic E-state index is 5.51. The van der Waals surface area contributed by atoms with Crippen molar-refractivity contribution in [3.8, 4) is 0 Å². The average Bonchev–Trinajstić information content (AvgIpc) is 2.41. The van der Waals surface area contributed by atoms with Gasteiger partial charge in [-0.1, -0.05) is 6.92 Å². The molecule has 2 unspecified atom stereocenters. The third kappa shape index (κ3) is 1.06. The van der Waals surface area contributed by atoms with Gasteiger partial charge in [0.15, 0.2) is 0 Å². The summed E-state index contributed by atoms with van der Waals surface area (Å²) in [5.41, 5.74) is 5.49. The summed E-state index contributed by atoms with van der Waals surface area (Å²) in [5, 5.41) is 3.33. The molecule has 2 atom stereocenters. The minimum absolute atomic E-state index is 0.0185. The van der Waals surface area contributed by atoms with E-state index in [1.807, 2.05) is 0 Å².